The van der Waals surface area contributed by atoms with Crippen molar-refractivity contribution in [3.05, 3.63) is 52.7 Å². The van der Waals surface area contributed by atoms with Crippen molar-refractivity contribution in [2.24, 2.45) is 0 Å². The lowest BCUT2D eigenvalue weighted by Crippen LogP contribution is -2.05. The summed E-state index contributed by atoms with van der Waals surface area (Å²) in [6, 6.07) is 8.27. The van der Waals surface area contributed by atoms with Crippen LogP contribution in [-0.2, 0) is 17.9 Å². The largest absolute Gasteiger partial charge is 0.380 e. The van der Waals surface area contributed by atoms with Gasteiger partial charge in [0.05, 0.1) is 16.8 Å². The van der Waals surface area contributed by atoms with E-state index in [1.165, 1.54) is 16.7 Å². The number of methoxy groups -OCH3 is 1. The van der Waals surface area contributed by atoms with Crippen LogP contribution in [-0.4, -0.2) is 17.1 Å². The molecule has 0 unspecified atom stereocenters. The van der Waals surface area contributed by atoms with Crippen molar-refractivity contribution in [2.75, 3.05) is 12.4 Å². The molecule has 4 nitrogen and oxygen atoms in total. The highest BCUT2D eigenvalue weighted by molar-refractivity contribution is 7.18. The van der Waals surface area contributed by atoms with Crippen molar-refractivity contribution in [1.29, 1.82) is 0 Å². The minimum Gasteiger partial charge on any atom is -0.380 e. The van der Waals surface area contributed by atoms with Gasteiger partial charge >= 0.3 is 0 Å². The van der Waals surface area contributed by atoms with Crippen LogP contribution in [0.3, 0.4) is 0 Å². The highest BCUT2D eigenvalue weighted by Crippen LogP contribution is 2.28. The van der Waals surface area contributed by atoms with Crippen molar-refractivity contribution in [2.45, 2.75) is 20.1 Å². The molecule has 0 bridgehead atoms. The monoisotopic (exact) mass is 299 g/mol. The molecule has 2 heterocycles. The predicted molar refractivity (Wildman–Crippen MR) is 86.6 cm³/mol. The Bertz CT molecular complexity index is 754. The Morgan fingerprint density at radius 1 is 1.19 bits per heavy atom. The Labute approximate surface area is 127 Å². The first-order chi connectivity index (χ1) is 10.3. The molecule has 5 heteroatoms. The third-order valence-corrected chi connectivity index (χ3v) is 4.49. The molecule has 1 aromatic carbocycles. The van der Waals surface area contributed by atoms with E-state index in [4.69, 9.17) is 4.74 Å². The second-order valence-electron chi connectivity index (χ2n) is 4.87. The Morgan fingerprint density at radius 2 is 2.00 bits per heavy atom. The highest BCUT2D eigenvalue weighted by atomic mass is 32.1. The Balaban J connectivity index is 1.84. The maximum absolute atomic E-state index is 5.24. The Morgan fingerprint density at radius 3 is 2.81 bits per heavy atom. The smallest absolute Gasteiger partial charge is 0.147 e. The molecule has 0 fully saturated rings. The van der Waals surface area contributed by atoms with E-state index in [0.29, 0.717) is 6.61 Å². The van der Waals surface area contributed by atoms with Gasteiger partial charge in [0.25, 0.3) is 0 Å². The fourth-order valence-electron chi connectivity index (χ4n) is 2.30. The molecular formula is C16H17N3OS. The van der Waals surface area contributed by atoms with Crippen LogP contribution >= 0.6 is 11.3 Å². The summed E-state index contributed by atoms with van der Waals surface area (Å²) < 4.78 is 6.35. The zero-order valence-corrected chi connectivity index (χ0v) is 12.9. The number of hydrogen-bond donors (Lipinski definition) is 1. The van der Waals surface area contributed by atoms with Crippen LogP contribution in [0.4, 0.5) is 5.82 Å². The molecule has 21 heavy (non-hydrogen) atoms. The lowest BCUT2D eigenvalue weighted by atomic mass is 10.1. The summed E-state index contributed by atoms with van der Waals surface area (Å²) in [5.41, 5.74) is 4.64. The van der Waals surface area contributed by atoms with Crippen molar-refractivity contribution in [1.82, 2.24) is 9.97 Å². The fourth-order valence-corrected chi connectivity index (χ4v) is 3.27. The van der Waals surface area contributed by atoms with Gasteiger partial charge in [0.15, 0.2) is 0 Å². The van der Waals surface area contributed by atoms with E-state index >= 15 is 0 Å². The van der Waals surface area contributed by atoms with Gasteiger partial charge in [0, 0.05) is 13.7 Å². The average molecular weight is 299 g/mol. The van der Waals surface area contributed by atoms with Gasteiger partial charge in [-0.05, 0) is 29.0 Å². The van der Waals surface area contributed by atoms with Crippen LogP contribution in [0.15, 0.2) is 36.0 Å². The van der Waals surface area contributed by atoms with E-state index in [-0.39, 0.29) is 0 Å². The lowest BCUT2D eigenvalue weighted by Gasteiger charge is -2.10. The number of hydrogen-bond acceptors (Lipinski definition) is 5. The van der Waals surface area contributed by atoms with Gasteiger partial charge in [-0.15, -0.1) is 11.3 Å². The number of benzene rings is 1. The number of nitrogens with zero attached hydrogens (tertiary/aromatic N) is 2. The van der Waals surface area contributed by atoms with Gasteiger partial charge in [-0.1, -0.05) is 24.3 Å². The van der Waals surface area contributed by atoms with Crippen LogP contribution in [0, 0.1) is 6.92 Å². The molecule has 0 saturated carbocycles. The molecule has 0 saturated heterocycles. The summed E-state index contributed by atoms with van der Waals surface area (Å²) >= 11 is 1.68. The maximum atomic E-state index is 5.24. The quantitative estimate of drug-likeness (QED) is 0.779. The molecule has 1 N–H and O–H groups in total. The zero-order valence-electron chi connectivity index (χ0n) is 12.1. The van der Waals surface area contributed by atoms with E-state index in [0.717, 1.165) is 22.6 Å². The molecule has 3 aromatic rings. The summed E-state index contributed by atoms with van der Waals surface area (Å²) in [4.78, 5) is 8.71. The molecule has 0 amide bonds. The van der Waals surface area contributed by atoms with E-state index in [1.807, 2.05) is 12.1 Å². The van der Waals surface area contributed by atoms with Crippen LogP contribution in [0.2, 0.25) is 0 Å². The van der Waals surface area contributed by atoms with Gasteiger partial charge in [0.2, 0.25) is 0 Å². The van der Waals surface area contributed by atoms with Crippen LogP contribution in [0.1, 0.15) is 16.7 Å². The number of aromatic nitrogens is 2. The summed E-state index contributed by atoms with van der Waals surface area (Å²) in [5, 5.41) is 5.53. The molecular weight excluding hydrogens is 282 g/mol. The number of rotatable bonds is 5. The summed E-state index contributed by atoms with van der Waals surface area (Å²) in [7, 11) is 1.71. The summed E-state index contributed by atoms with van der Waals surface area (Å²) in [6.07, 6.45) is 1.62. The number of anilines is 1. The van der Waals surface area contributed by atoms with Crippen LogP contribution < -0.4 is 5.32 Å². The number of thiophene rings is 1. The van der Waals surface area contributed by atoms with Crippen molar-refractivity contribution in [3.63, 3.8) is 0 Å². The predicted octanol–water partition coefficient (Wildman–Crippen LogP) is 3.76. The normalized spacial score (nSPS) is 11.0. The number of nitrogens with one attached hydrogen (secondary N) is 1. The van der Waals surface area contributed by atoms with E-state index in [1.54, 1.807) is 24.8 Å². The average Bonchev–Trinajstić information content (AvgIpc) is 2.89. The molecule has 0 aliphatic carbocycles. The second kappa shape index (κ2) is 6.20. The number of ether oxygens (including phenoxy) is 1. The molecule has 0 radical (unpaired) electrons. The van der Waals surface area contributed by atoms with E-state index in [2.05, 4.69) is 39.7 Å². The molecule has 2 aromatic heterocycles. The third-order valence-electron chi connectivity index (χ3n) is 3.40. The fraction of sp³-hybridized carbons (Fsp3) is 0.250. The lowest BCUT2D eigenvalue weighted by molar-refractivity contribution is 0.184. The zero-order chi connectivity index (χ0) is 14.7. The van der Waals surface area contributed by atoms with Gasteiger partial charge in [-0.3, -0.25) is 0 Å². The van der Waals surface area contributed by atoms with Gasteiger partial charge in [-0.25, -0.2) is 9.97 Å². The van der Waals surface area contributed by atoms with Crippen molar-refractivity contribution >= 4 is 27.4 Å². The van der Waals surface area contributed by atoms with E-state index in [9.17, 15) is 0 Å². The third kappa shape index (κ3) is 2.89. The molecule has 0 atom stereocenters. The number of aryl methyl sites for hydroxylation is 1. The molecule has 0 aliphatic rings. The SMILES string of the molecule is COCc1ccccc1CNc1ncnc2c(C)csc12. The number of fused-ring (bicyclic) bond motifs is 1. The summed E-state index contributed by atoms with van der Waals surface area (Å²) in [6.45, 7) is 3.42. The topological polar surface area (TPSA) is 47.0 Å². The maximum Gasteiger partial charge on any atom is 0.147 e. The first-order valence-corrected chi connectivity index (χ1v) is 7.66. The van der Waals surface area contributed by atoms with Gasteiger partial charge in [-0.2, -0.15) is 0 Å². The first kappa shape index (κ1) is 14.0. The molecule has 3 rings (SSSR count). The van der Waals surface area contributed by atoms with Crippen LogP contribution in [0.25, 0.3) is 10.2 Å². The van der Waals surface area contributed by atoms with Crippen molar-refractivity contribution in [3.8, 4) is 0 Å². The standard InChI is InChI=1S/C16H17N3OS/c1-11-9-21-15-14(11)18-10-19-16(15)17-7-12-5-3-4-6-13(12)8-20-2/h3-6,9-10H,7-8H2,1-2H3,(H,17,18,19). The van der Waals surface area contributed by atoms with Gasteiger partial charge in [0.1, 0.15) is 12.1 Å². The van der Waals surface area contributed by atoms with Crippen LogP contribution in [0.5, 0.6) is 0 Å². The summed E-state index contributed by atoms with van der Waals surface area (Å²) in [5.74, 6) is 0.894. The molecule has 0 aliphatic heterocycles. The minimum absolute atomic E-state index is 0.620. The minimum atomic E-state index is 0.620. The Kier molecular flexibility index (Phi) is 4.13. The molecule has 0 spiro atoms. The Hall–Kier alpha value is -1.98. The van der Waals surface area contributed by atoms with Crippen molar-refractivity contribution < 1.29 is 4.74 Å². The highest BCUT2D eigenvalue weighted by Gasteiger charge is 2.08. The van der Waals surface area contributed by atoms with E-state index < -0.39 is 0 Å². The second-order valence-corrected chi connectivity index (χ2v) is 5.75. The molecule has 108 valence electrons. The van der Waals surface area contributed by atoms with Gasteiger partial charge < -0.3 is 10.1 Å². The first-order valence-electron chi connectivity index (χ1n) is 6.78.